The molecule has 126 valence electrons. The van der Waals surface area contributed by atoms with Crippen molar-refractivity contribution in [3.05, 3.63) is 35.6 Å². The van der Waals surface area contributed by atoms with Gasteiger partial charge >= 0.3 is 0 Å². The molecule has 1 aromatic carbocycles. The van der Waals surface area contributed by atoms with E-state index in [0.717, 1.165) is 43.6 Å². The smallest absolute Gasteiger partial charge is 0.191 e. The maximum atomic E-state index is 13.9. The highest BCUT2D eigenvalue weighted by molar-refractivity contribution is 5.81. The number of nitrogens with zero attached hydrogens (tertiary/aromatic N) is 1. The van der Waals surface area contributed by atoms with Crippen molar-refractivity contribution in [3.63, 3.8) is 0 Å². The molecule has 3 N–H and O–H groups in total. The molecule has 2 aliphatic rings. The average Bonchev–Trinajstić information content (AvgIpc) is 3.29. The van der Waals surface area contributed by atoms with Crippen LogP contribution in [0.3, 0.4) is 0 Å². The van der Waals surface area contributed by atoms with Crippen molar-refractivity contribution in [1.29, 1.82) is 0 Å². The quantitative estimate of drug-likeness (QED) is 0.590. The van der Waals surface area contributed by atoms with Crippen molar-refractivity contribution in [3.8, 4) is 0 Å². The van der Waals surface area contributed by atoms with Crippen LogP contribution in [0.25, 0.3) is 0 Å². The van der Waals surface area contributed by atoms with Crippen molar-refractivity contribution in [1.82, 2.24) is 10.6 Å². The number of guanidine groups is 1. The molecule has 2 saturated carbocycles. The highest BCUT2D eigenvalue weighted by Gasteiger charge is 2.40. The van der Waals surface area contributed by atoms with Gasteiger partial charge in [-0.15, -0.1) is 0 Å². The highest BCUT2D eigenvalue weighted by Crippen LogP contribution is 2.41. The van der Waals surface area contributed by atoms with Gasteiger partial charge in [0.25, 0.3) is 0 Å². The Morgan fingerprint density at radius 1 is 1.22 bits per heavy atom. The summed E-state index contributed by atoms with van der Waals surface area (Å²) >= 11 is 0. The largest absolute Gasteiger partial charge is 0.393 e. The lowest BCUT2D eigenvalue weighted by Gasteiger charge is -2.27. The molecule has 2 aliphatic carbocycles. The summed E-state index contributed by atoms with van der Waals surface area (Å²) in [5, 5.41) is 16.5. The minimum absolute atomic E-state index is 0.120. The Labute approximate surface area is 137 Å². The Bertz CT molecular complexity index is 555. The fraction of sp³-hybridized carbons (Fsp3) is 0.611. The summed E-state index contributed by atoms with van der Waals surface area (Å²) in [5.41, 5.74) is 0.793. The number of nitrogens with one attached hydrogen (secondary N) is 2. The Kier molecular flexibility index (Phi) is 5.16. The molecule has 0 saturated heterocycles. The molecule has 4 nitrogen and oxygen atoms in total. The summed E-state index contributed by atoms with van der Waals surface area (Å²) in [6.07, 6.45) is 4.41. The number of aliphatic imine (C=N–C) groups is 1. The van der Waals surface area contributed by atoms with Gasteiger partial charge in [0.05, 0.1) is 6.10 Å². The van der Waals surface area contributed by atoms with E-state index in [-0.39, 0.29) is 23.9 Å². The fourth-order valence-electron chi connectivity index (χ4n) is 3.35. The Hall–Kier alpha value is -1.62. The minimum atomic E-state index is -0.151. The van der Waals surface area contributed by atoms with E-state index < -0.39 is 0 Å². The number of hydrogen-bond donors (Lipinski definition) is 3. The van der Waals surface area contributed by atoms with E-state index in [0.29, 0.717) is 12.6 Å². The van der Waals surface area contributed by atoms with Crippen molar-refractivity contribution in [2.45, 2.75) is 63.1 Å². The minimum Gasteiger partial charge on any atom is -0.393 e. The summed E-state index contributed by atoms with van der Waals surface area (Å²) in [6, 6.07) is 7.62. The summed E-state index contributed by atoms with van der Waals surface area (Å²) in [5.74, 6) is 0.927. The molecule has 2 unspecified atom stereocenters. The van der Waals surface area contributed by atoms with Gasteiger partial charge in [-0.05, 0) is 50.7 Å². The molecule has 0 heterocycles. The monoisotopic (exact) mass is 319 g/mol. The molecule has 2 atom stereocenters. The van der Waals surface area contributed by atoms with E-state index in [4.69, 9.17) is 0 Å². The van der Waals surface area contributed by atoms with Gasteiger partial charge in [-0.25, -0.2) is 4.39 Å². The van der Waals surface area contributed by atoms with Crippen molar-refractivity contribution in [2.24, 2.45) is 4.99 Å². The van der Waals surface area contributed by atoms with Gasteiger partial charge in [0.2, 0.25) is 0 Å². The second-order valence-corrected chi connectivity index (χ2v) is 6.59. The topological polar surface area (TPSA) is 56.7 Å². The van der Waals surface area contributed by atoms with Gasteiger partial charge in [-0.1, -0.05) is 18.2 Å². The standard InChI is InChI=1S/C18H26FN3O/c1-2-20-18(21-12-7-9-13(23)10-8-12)22-17-11-15(17)14-5-3-4-6-16(14)19/h3-6,12-13,15,17,23H,2,7-11H2,1H3,(H2,20,21,22). The zero-order chi connectivity index (χ0) is 16.2. The van der Waals surface area contributed by atoms with Crippen LogP contribution in [0.2, 0.25) is 0 Å². The molecule has 23 heavy (non-hydrogen) atoms. The molecule has 0 aromatic heterocycles. The molecule has 1 aromatic rings. The first kappa shape index (κ1) is 16.2. The van der Waals surface area contributed by atoms with E-state index >= 15 is 0 Å². The molecule has 5 heteroatoms. The third-order valence-electron chi connectivity index (χ3n) is 4.77. The lowest BCUT2D eigenvalue weighted by atomic mass is 9.93. The predicted molar refractivity (Wildman–Crippen MR) is 90.1 cm³/mol. The third kappa shape index (κ3) is 4.22. The lowest BCUT2D eigenvalue weighted by molar-refractivity contribution is 0.120. The molecular formula is C18H26FN3O. The molecule has 0 aliphatic heterocycles. The molecule has 0 bridgehead atoms. The van der Waals surface area contributed by atoms with Gasteiger partial charge in [-0.3, -0.25) is 4.99 Å². The van der Waals surface area contributed by atoms with Crippen LogP contribution in [0.15, 0.2) is 29.3 Å². The zero-order valence-corrected chi connectivity index (χ0v) is 13.6. The first-order valence-electron chi connectivity index (χ1n) is 8.67. The molecule has 0 spiro atoms. The first-order valence-corrected chi connectivity index (χ1v) is 8.67. The average molecular weight is 319 g/mol. The predicted octanol–water partition coefficient (Wildman–Crippen LogP) is 2.54. The lowest BCUT2D eigenvalue weighted by Crippen LogP contribution is -2.46. The van der Waals surface area contributed by atoms with Crippen LogP contribution in [0.4, 0.5) is 4.39 Å². The summed E-state index contributed by atoms with van der Waals surface area (Å²) in [6.45, 7) is 2.72. The van der Waals surface area contributed by atoms with Crippen LogP contribution in [0, 0.1) is 5.82 Å². The number of halogens is 1. The second-order valence-electron chi connectivity index (χ2n) is 6.59. The highest BCUT2D eigenvalue weighted by atomic mass is 19.1. The Balaban J connectivity index is 1.55. The van der Waals surface area contributed by atoms with Gasteiger partial charge in [0.1, 0.15) is 5.82 Å². The summed E-state index contributed by atoms with van der Waals surface area (Å²) < 4.78 is 13.9. The summed E-state index contributed by atoms with van der Waals surface area (Å²) in [7, 11) is 0. The van der Waals surface area contributed by atoms with Crippen LogP contribution in [0.5, 0.6) is 0 Å². The van der Waals surface area contributed by atoms with Gasteiger partial charge < -0.3 is 15.7 Å². The number of rotatable bonds is 4. The van der Waals surface area contributed by atoms with Gasteiger partial charge in [0.15, 0.2) is 5.96 Å². The Morgan fingerprint density at radius 3 is 2.65 bits per heavy atom. The van der Waals surface area contributed by atoms with E-state index in [1.54, 1.807) is 6.07 Å². The molecule has 2 fully saturated rings. The van der Waals surface area contributed by atoms with Crippen molar-refractivity contribution >= 4 is 5.96 Å². The van der Waals surface area contributed by atoms with Gasteiger partial charge in [-0.2, -0.15) is 0 Å². The first-order chi connectivity index (χ1) is 11.2. The number of aliphatic hydroxyl groups excluding tert-OH is 1. The molecular weight excluding hydrogens is 293 g/mol. The fourth-order valence-corrected chi connectivity index (χ4v) is 3.35. The SMILES string of the molecule is CCN=C(NC1CCC(O)CC1)NC1CC1c1ccccc1F. The normalized spacial score (nSPS) is 30.8. The third-order valence-corrected chi connectivity index (χ3v) is 4.77. The molecule has 0 amide bonds. The van der Waals surface area contributed by atoms with E-state index in [1.807, 2.05) is 19.1 Å². The Morgan fingerprint density at radius 2 is 1.96 bits per heavy atom. The van der Waals surface area contributed by atoms with E-state index in [9.17, 15) is 9.50 Å². The second kappa shape index (κ2) is 7.30. The van der Waals surface area contributed by atoms with E-state index in [2.05, 4.69) is 15.6 Å². The molecule has 0 radical (unpaired) electrons. The van der Waals surface area contributed by atoms with Crippen LogP contribution < -0.4 is 10.6 Å². The number of hydrogen-bond acceptors (Lipinski definition) is 2. The maximum Gasteiger partial charge on any atom is 0.191 e. The van der Waals surface area contributed by atoms with Crippen LogP contribution in [-0.2, 0) is 0 Å². The maximum absolute atomic E-state index is 13.9. The van der Waals surface area contributed by atoms with Crippen molar-refractivity contribution < 1.29 is 9.50 Å². The van der Waals surface area contributed by atoms with Crippen LogP contribution in [-0.4, -0.2) is 35.8 Å². The van der Waals surface area contributed by atoms with Crippen LogP contribution >= 0.6 is 0 Å². The number of aliphatic hydroxyl groups is 1. The van der Waals surface area contributed by atoms with Crippen LogP contribution in [0.1, 0.15) is 50.5 Å². The van der Waals surface area contributed by atoms with Gasteiger partial charge in [0, 0.05) is 24.5 Å². The zero-order valence-electron chi connectivity index (χ0n) is 13.6. The number of benzene rings is 1. The molecule has 3 rings (SSSR count). The summed E-state index contributed by atoms with van der Waals surface area (Å²) in [4.78, 5) is 4.51. The van der Waals surface area contributed by atoms with Crippen molar-refractivity contribution in [2.75, 3.05) is 6.54 Å². The van der Waals surface area contributed by atoms with E-state index in [1.165, 1.54) is 6.07 Å².